The van der Waals surface area contributed by atoms with E-state index in [1.165, 1.54) is 0 Å². The summed E-state index contributed by atoms with van der Waals surface area (Å²) in [5.74, 6) is 1.32. The minimum absolute atomic E-state index is 0.110. The molecule has 5 nitrogen and oxygen atoms in total. The number of piperidine rings is 1. The van der Waals surface area contributed by atoms with Gasteiger partial charge in [-0.2, -0.15) is 0 Å². The number of rotatable bonds is 5. The number of nitrogens with zero attached hydrogens (tertiary/aromatic N) is 2. The van der Waals surface area contributed by atoms with Gasteiger partial charge in [0.25, 0.3) is 0 Å². The molecule has 2 heterocycles. The summed E-state index contributed by atoms with van der Waals surface area (Å²) < 4.78 is 5.24. The second kappa shape index (κ2) is 6.73. The van der Waals surface area contributed by atoms with E-state index < -0.39 is 0 Å². The Balaban J connectivity index is 1.74. The second-order valence-corrected chi connectivity index (χ2v) is 5.23. The summed E-state index contributed by atoms with van der Waals surface area (Å²) in [4.78, 5) is 15.9. The Bertz CT molecular complexity index is 383. The number of likely N-dealkylation sites (tertiary alicyclic amines) is 1. The molecule has 0 aliphatic carbocycles. The topological polar surface area (TPSA) is 56.9 Å². The maximum atomic E-state index is 12.1. The van der Waals surface area contributed by atoms with E-state index >= 15 is 0 Å². The Morgan fingerprint density at radius 2 is 2.26 bits per heavy atom. The van der Waals surface area contributed by atoms with Gasteiger partial charge >= 0.3 is 0 Å². The summed E-state index contributed by atoms with van der Waals surface area (Å²) >= 11 is 0. The van der Waals surface area contributed by atoms with Gasteiger partial charge in [-0.05, 0) is 44.0 Å². The third kappa shape index (κ3) is 4.08. The molecule has 0 spiro atoms. The van der Waals surface area contributed by atoms with Crippen LogP contribution in [0.4, 0.5) is 0 Å². The summed E-state index contributed by atoms with van der Waals surface area (Å²) in [5.41, 5.74) is 0. The summed E-state index contributed by atoms with van der Waals surface area (Å²) in [6, 6.07) is 3.70. The SMILES string of the molecule is CN(Cc1ccco1)C(=O)CN1CCC(CO)CC1. The lowest BCUT2D eigenvalue weighted by Gasteiger charge is -2.31. The molecule has 5 heteroatoms. The van der Waals surface area contributed by atoms with E-state index in [2.05, 4.69) is 4.90 Å². The van der Waals surface area contributed by atoms with Crippen LogP contribution in [0.25, 0.3) is 0 Å². The maximum Gasteiger partial charge on any atom is 0.236 e. The molecule has 0 atom stereocenters. The molecule has 1 aliphatic heterocycles. The molecule has 0 saturated carbocycles. The molecule has 19 heavy (non-hydrogen) atoms. The number of carbonyl (C=O) groups is 1. The first kappa shape index (κ1) is 14.1. The highest BCUT2D eigenvalue weighted by Crippen LogP contribution is 2.16. The van der Waals surface area contributed by atoms with Crippen molar-refractivity contribution in [3.8, 4) is 0 Å². The van der Waals surface area contributed by atoms with E-state index in [9.17, 15) is 4.79 Å². The first-order valence-corrected chi connectivity index (χ1v) is 6.78. The van der Waals surface area contributed by atoms with Gasteiger partial charge in [0.05, 0.1) is 19.4 Å². The summed E-state index contributed by atoms with van der Waals surface area (Å²) in [6.45, 7) is 3.02. The minimum Gasteiger partial charge on any atom is -0.467 e. The molecular weight excluding hydrogens is 244 g/mol. The first-order chi connectivity index (χ1) is 9.19. The molecule has 1 amide bonds. The average molecular weight is 266 g/mol. The molecule has 0 bridgehead atoms. The molecule has 1 fully saturated rings. The number of aliphatic hydroxyl groups excluding tert-OH is 1. The summed E-state index contributed by atoms with van der Waals surface area (Å²) in [7, 11) is 1.80. The zero-order valence-corrected chi connectivity index (χ0v) is 11.4. The number of aliphatic hydroxyl groups is 1. The predicted octanol–water partition coefficient (Wildman–Crippen LogP) is 0.942. The van der Waals surface area contributed by atoms with Crippen molar-refractivity contribution in [2.45, 2.75) is 19.4 Å². The van der Waals surface area contributed by atoms with Crippen LogP contribution in [-0.2, 0) is 11.3 Å². The third-order valence-electron chi connectivity index (χ3n) is 3.72. The zero-order chi connectivity index (χ0) is 13.7. The number of carbonyl (C=O) groups excluding carboxylic acids is 1. The molecule has 1 N–H and O–H groups in total. The maximum absolute atomic E-state index is 12.1. The largest absolute Gasteiger partial charge is 0.467 e. The molecule has 0 aromatic carbocycles. The zero-order valence-electron chi connectivity index (χ0n) is 11.4. The van der Waals surface area contributed by atoms with Crippen LogP contribution in [0.15, 0.2) is 22.8 Å². The highest BCUT2D eigenvalue weighted by Gasteiger charge is 2.21. The van der Waals surface area contributed by atoms with E-state index in [1.807, 2.05) is 12.1 Å². The third-order valence-corrected chi connectivity index (χ3v) is 3.72. The van der Waals surface area contributed by atoms with Crippen molar-refractivity contribution in [3.63, 3.8) is 0 Å². The quantitative estimate of drug-likeness (QED) is 0.862. The van der Waals surface area contributed by atoms with Crippen LogP contribution in [0.5, 0.6) is 0 Å². The number of hydrogen-bond donors (Lipinski definition) is 1. The van der Waals surface area contributed by atoms with Crippen LogP contribution in [0.1, 0.15) is 18.6 Å². The van der Waals surface area contributed by atoms with E-state index in [0.717, 1.165) is 31.7 Å². The van der Waals surface area contributed by atoms with Gasteiger partial charge in [-0.1, -0.05) is 0 Å². The number of likely N-dealkylation sites (N-methyl/N-ethyl adjacent to an activating group) is 1. The Morgan fingerprint density at radius 3 is 2.84 bits per heavy atom. The minimum atomic E-state index is 0.110. The van der Waals surface area contributed by atoms with Crippen molar-refractivity contribution in [2.75, 3.05) is 33.3 Å². The number of furan rings is 1. The molecule has 1 aromatic heterocycles. The Kier molecular flexibility index (Phi) is 4.99. The second-order valence-electron chi connectivity index (χ2n) is 5.23. The molecule has 1 aliphatic rings. The van der Waals surface area contributed by atoms with Crippen LogP contribution < -0.4 is 0 Å². The van der Waals surface area contributed by atoms with Crippen LogP contribution in [-0.4, -0.2) is 54.1 Å². The number of amides is 1. The number of hydrogen-bond acceptors (Lipinski definition) is 4. The fourth-order valence-electron chi connectivity index (χ4n) is 2.36. The fraction of sp³-hybridized carbons (Fsp3) is 0.643. The predicted molar refractivity (Wildman–Crippen MR) is 71.4 cm³/mol. The van der Waals surface area contributed by atoms with Gasteiger partial charge < -0.3 is 14.4 Å². The average Bonchev–Trinajstić information content (AvgIpc) is 2.92. The van der Waals surface area contributed by atoms with Gasteiger partial charge in [0.2, 0.25) is 5.91 Å². The van der Waals surface area contributed by atoms with Crippen LogP contribution in [0.2, 0.25) is 0 Å². The molecule has 0 radical (unpaired) electrons. The fourth-order valence-corrected chi connectivity index (χ4v) is 2.36. The van der Waals surface area contributed by atoms with E-state index in [0.29, 0.717) is 19.0 Å². The highest BCUT2D eigenvalue weighted by molar-refractivity contribution is 5.77. The van der Waals surface area contributed by atoms with Gasteiger partial charge in [-0.3, -0.25) is 9.69 Å². The molecule has 1 saturated heterocycles. The van der Waals surface area contributed by atoms with Crippen LogP contribution in [0.3, 0.4) is 0 Å². The van der Waals surface area contributed by atoms with Crippen LogP contribution >= 0.6 is 0 Å². The van der Waals surface area contributed by atoms with E-state index in [-0.39, 0.29) is 12.5 Å². The molecule has 106 valence electrons. The summed E-state index contributed by atoms with van der Waals surface area (Å²) in [6.07, 6.45) is 3.57. The standard InChI is InChI=1S/C14H22N2O3/c1-15(9-13-3-2-8-19-13)14(18)10-16-6-4-12(11-17)5-7-16/h2-3,8,12,17H,4-7,9-11H2,1H3. The Hall–Kier alpha value is -1.33. The van der Waals surface area contributed by atoms with Crippen molar-refractivity contribution in [1.82, 2.24) is 9.80 Å². The molecule has 0 unspecified atom stereocenters. The molecule has 2 rings (SSSR count). The van der Waals surface area contributed by atoms with E-state index in [4.69, 9.17) is 9.52 Å². The van der Waals surface area contributed by atoms with Crippen molar-refractivity contribution in [2.24, 2.45) is 5.92 Å². The lowest BCUT2D eigenvalue weighted by atomic mass is 9.98. The summed E-state index contributed by atoms with van der Waals surface area (Å²) in [5, 5.41) is 9.09. The van der Waals surface area contributed by atoms with Crippen molar-refractivity contribution < 1.29 is 14.3 Å². The van der Waals surface area contributed by atoms with E-state index in [1.54, 1.807) is 18.2 Å². The van der Waals surface area contributed by atoms with Crippen molar-refractivity contribution in [1.29, 1.82) is 0 Å². The van der Waals surface area contributed by atoms with Gasteiger partial charge in [0, 0.05) is 13.7 Å². The highest BCUT2D eigenvalue weighted by atomic mass is 16.3. The smallest absolute Gasteiger partial charge is 0.236 e. The Labute approximate surface area is 113 Å². The normalized spacial score (nSPS) is 17.6. The van der Waals surface area contributed by atoms with Crippen LogP contribution in [0, 0.1) is 5.92 Å². The Morgan fingerprint density at radius 1 is 1.53 bits per heavy atom. The first-order valence-electron chi connectivity index (χ1n) is 6.78. The monoisotopic (exact) mass is 266 g/mol. The van der Waals surface area contributed by atoms with Gasteiger partial charge in [-0.15, -0.1) is 0 Å². The van der Waals surface area contributed by atoms with Gasteiger partial charge in [-0.25, -0.2) is 0 Å². The molecule has 1 aromatic rings. The van der Waals surface area contributed by atoms with Gasteiger partial charge in [0.15, 0.2) is 0 Å². The molecular formula is C14H22N2O3. The van der Waals surface area contributed by atoms with Crippen molar-refractivity contribution in [3.05, 3.63) is 24.2 Å². The lowest BCUT2D eigenvalue weighted by Crippen LogP contribution is -2.42. The van der Waals surface area contributed by atoms with Crippen molar-refractivity contribution >= 4 is 5.91 Å². The van der Waals surface area contributed by atoms with Gasteiger partial charge in [0.1, 0.15) is 5.76 Å². The lowest BCUT2D eigenvalue weighted by molar-refractivity contribution is -0.132.